The number of carbonyl (C=O) groups excluding carboxylic acids is 2. The lowest BCUT2D eigenvalue weighted by Gasteiger charge is -2.40. The Kier molecular flexibility index (Phi) is 6.64. The summed E-state index contributed by atoms with van der Waals surface area (Å²) < 4.78 is 0. The second-order valence-corrected chi connectivity index (χ2v) is 9.10. The lowest BCUT2D eigenvalue weighted by atomic mass is 10.0. The van der Waals surface area contributed by atoms with Crippen molar-refractivity contribution in [3.63, 3.8) is 0 Å². The van der Waals surface area contributed by atoms with Gasteiger partial charge in [-0.25, -0.2) is 9.79 Å². The minimum absolute atomic E-state index is 0.181. The first-order chi connectivity index (χ1) is 14.5. The largest absolute Gasteiger partial charge is 0.386 e. The summed E-state index contributed by atoms with van der Waals surface area (Å²) in [6.07, 6.45) is 1.23. The van der Waals surface area contributed by atoms with E-state index in [9.17, 15) is 9.59 Å². The number of imide groups is 1. The molecule has 3 amide bonds. The molecule has 3 rings (SSSR count). The number of urea groups is 1. The van der Waals surface area contributed by atoms with Crippen LogP contribution in [0, 0.1) is 13.8 Å². The third-order valence-electron chi connectivity index (χ3n) is 5.23. The standard InChI is InChI=1S/C22H33N7O2/c1-13-10-15-16(11-14(13)2)29(19-18(25-15)20(30)27-21(31)26-19)9-7-6-8-24-12-17(23)28-22(3,4)5/h10-11,19,24H,6-9,12H2,1-5H3,(H2,23,28)(H2,26,27,30,31). The number of fused-ring (bicyclic) bond motifs is 2. The minimum Gasteiger partial charge on any atom is -0.386 e. The lowest BCUT2D eigenvalue weighted by Crippen LogP contribution is -2.66. The van der Waals surface area contributed by atoms with E-state index in [0.29, 0.717) is 24.6 Å². The van der Waals surface area contributed by atoms with Crippen molar-refractivity contribution in [2.75, 3.05) is 24.5 Å². The highest BCUT2D eigenvalue weighted by Gasteiger charge is 2.39. The molecule has 0 spiro atoms. The Balaban J connectivity index is 1.65. The molecule has 1 aromatic rings. The van der Waals surface area contributed by atoms with Gasteiger partial charge in [-0.05, 0) is 77.3 Å². The fraction of sp³-hybridized carbons (Fsp3) is 0.545. The van der Waals surface area contributed by atoms with E-state index >= 15 is 0 Å². The Morgan fingerprint density at radius 1 is 1.23 bits per heavy atom. The zero-order valence-electron chi connectivity index (χ0n) is 19.0. The molecule has 9 nitrogen and oxygen atoms in total. The average molecular weight is 428 g/mol. The number of hydrogen-bond donors (Lipinski definition) is 4. The maximum Gasteiger partial charge on any atom is 0.323 e. The minimum atomic E-state index is -0.557. The molecule has 31 heavy (non-hydrogen) atoms. The molecule has 1 aromatic carbocycles. The first-order valence-corrected chi connectivity index (χ1v) is 10.7. The summed E-state index contributed by atoms with van der Waals surface area (Å²) in [4.78, 5) is 35.3. The predicted molar refractivity (Wildman–Crippen MR) is 124 cm³/mol. The van der Waals surface area contributed by atoms with Crippen LogP contribution in [-0.4, -0.2) is 54.8 Å². The van der Waals surface area contributed by atoms with Crippen LogP contribution in [0.3, 0.4) is 0 Å². The van der Waals surface area contributed by atoms with E-state index in [-0.39, 0.29) is 5.54 Å². The Bertz CT molecular complexity index is 931. The summed E-state index contributed by atoms with van der Waals surface area (Å²) >= 11 is 0. The van der Waals surface area contributed by atoms with Crippen molar-refractivity contribution < 1.29 is 9.59 Å². The second kappa shape index (κ2) is 9.05. The summed E-state index contributed by atoms with van der Waals surface area (Å²) in [7, 11) is 0. The number of nitrogens with two attached hydrogens (primary N) is 1. The van der Waals surface area contributed by atoms with Gasteiger partial charge in [-0.3, -0.25) is 15.1 Å². The molecule has 5 N–H and O–H groups in total. The Morgan fingerprint density at radius 2 is 1.94 bits per heavy atom. The van der Waals surface area contributed by atoms with Crippen molar-refractivity contribution in [2.45, 2.75) is 59.2 Å². The zero-order valence-corrected chi connectivity index (χ0v) is 19.0. The van der Waals surface area contributed by atoms with Crippen molar-refractivity contribution in [3.05, 3.63) is 23.3 Å². The summed E-state index contributed by atoms with van der Waals surface area (Å²) in [5.74, 6) is 0.151. The van der Waals surface area contributed by atoms with Gasteiger partial charge in [0.05, 0.1) is 23.5 Å². The smallest absolute Gasteiger partial charge is 0.323 e. The van der Waals surface area contributed by atoms with Crippen molar-refractivity contribution in [1.29, 1.82) is 0 Å². The molecule has 2 heterocycles. The third-order valence-corrected chi connectivity index (χ3v) is 5.23. The number of aliphatic imine (C=N–C) groups is 2. The van der Waals surface area contributed by atoms with E-state index in [2.05, 4.69) is 36.9 Å². The van der Waals surface area contributed by atoms with Crippen molar-refractivity contribution >= 4 is 34.9 Å². The van der Waals surface area contributed by atoms with Crippen LogP contribution in [0.2, 0.25) is 0 Å². The lowest BCUT2D eigenvalue weighted by molar-refractivity contribution is -0.114. The molecule has 9 heteroatoms. The van der Waals surface area contributed by atoms with Gasteiger partial charge in [0.1, 0.15) is 11.5 Å². The summed E-state index contributed by atoms with van der Waals surface area (Å²) in [5, 5.41) is 8.45. The van der Waals surface area contributed by atoms with Gasteiger partial charge >= 0.3 is 6.03 Å². The van der Waals surface area contributed by atoms with Crippen LogP contribution < -0.4 is 26.6 Å². The molecule has 0 radical (unpaired) electrons. The molecule has 168 valence electrons. The van der Waals surface area contributed by atoms with E-state index in [1.165, 1.54) is 0 Å². The Hall–Kier alpha value is -2.94. The number of anilines is 1. The number of nitrogens with one attached hydrogen (secondary N) is 3. The highest BCUT2D eigenvalue weighted by molar-refractivity contribution is 6.46. The van der Waals surface area contributed by atoms with Crippen molar-refractivity contribution in [2.24, 2.45) is 15.7 Å². The van der Waals surface area contributed by atoms with Crippen molar-refractivity contribution in [1.82, 2.24) is 16.0 Å². The normalized spacial score (nSPS) is 18.7. The third kappa shape index (κ3) is 5.61. The van der Waals surface area contributed by atoms with Crippen LogP contribution in [0.4, 0.5) is 16.2 Å². The Morgan fingerprint density at radius 3 is 2.65 bits per heavy atom. The van der Waals surface area contributed by atoms with E-state index in [4.69, 9.17) is 5.73 Å². The number of rotatable bonds is 7. The Labute approximate surface area is 183 Å². The van der Waals surface area contributed by atoms with Crippen LogP contribution in [0.5, 0.6) is 0 Å². The average Bonchev–Trinajstić information content (AvgIpc) is 2.64. The second-order valence-electron chi connectivity index (χ2n) is 9.10. The number of hydrogen-bond acceptors (Lipinski definition) is 6. The topological polar surface area (TPSA) is 124 Å². The zero-order chi connectivity index (χ0) is 22.8. The van der Waals surface area contributed by atoms with Crippen molar-refractivity contribution in [3.8, 4) is 0 Å². The van der Waals surface area contributed by atoms with E-state index < -0.39 is 18.1 Å². The molecule has 0 aliphatic carbocycles. The highest BCUT2D eigenvalue weighted by atomic mass is 16.2. The molecule has 0 saturated carbocycles. The van der Waals surface area contributed by atoms with Gasteiger partial charge in [0.15, 0.2) is 6.17 Å². The van der Waals surface area contributed by atoms with E-state index in [0.717, 1.165) is 41.9 Å². The van der Waals surface area contributed by atoms with Crippen LogP contribution >= 0.6 is 0 Å². The molecule has 2 aliphatic rings. The number of carbonyl (C=O) groups is 2. The van der Waals surface area contributed by atoms with Crippen LogP contribution in [0.25, 0.3) is 0 Å². The van der Waals surface area contributed by atoms with Gasteiger partial charge in [0, 0.05) is 6.54 Å². The molecule has 1 saturated heterocycles. The van der Waals surface area contributed by atoms with Gasteiger partial charge in [-0.1, -0.05) is 0 Å². The summed E-state index contributed by atoms with van der Waals surface area (Å²) in [6, 6.07) is 3.57. The molecular formula is C22H33N7O2. The van der Waals surface area contributed by atoms with Gasteiger partial charge < -0.3 is 21.3 Å². The van der Waals surface area contributed by atoms with E-state index in [1.54, 1.807) is 0 Å². The van der Waals surface area contributed by atoms with Gasteiger partial charge in [-0.2, -0.15) is 0 Å². The summed E-state index contributed by atoms with van der Waals surface area (Å²) in [5.41, 5.74) is 10.0. The molecule has 1 atom stereocenters. The number of nitrogens with zero attached hydrogens (tertiary/aromatic N) is 3. The number of unbranched alkanes of at least 4 members (excludes halogenated alkanes) is 1. The molecular weight excluding hydrogens is 394 g/mol. The van der Waals surface area contributed by atoms with Crippen LogP contribution in [-0.2, 0) is 4.79 Å². The molecule has 1 fully saturated rings. The maximum atomic E-state index is 12.4. The predicted octanol–water partition coefficient (Wildman–Crippen LogP) is 1.89. The molecule has 0 bridgehead atoms. The summed E-state index contributed by atoms with van der Waals surface area (Å²) in [6.45, 7) is 12.1. The number of amides is 3. The molecule has 1 unspecified atom stereocenters. The first kappa shape index (κ1) is 22.7. The SMILES string of the molecule is Cc1cc2c(cc1C)N(CCCCNCC(N)=NC(C)(C)C)C1NC(=O)NC(=O)C1=N2. The van der Waals surface area contributed by atoms with Gasteiger partial charge in [0.2, 0.25) is 0 Å². The van der Waals surface area contributed by atoms with Crippen LogP contribution in [0.15, 0.2) is 22.1 Å². The first-order valence-electron chi connectivity index (χ1n) is 10.7. The van der Waals surface area contributed by atoms with Gasteiger partial charge in [0.25, 0.3) is 5.91 Å². The molecule has 0 aromatic heterocycles. The monoisotopic (exact) mass is 427 g/mol. The van der Waals surface area contributed by atoms with E-state index in [1.807, 2.05) is 40.7 Å². The highest BCUT2D eigenvalue weighted by Crippen LogP contribution is 2.37. The number of aryl methyl sites for hydroxylation is 2. The molecule has 2 aliphatic heterocycles. The van der Waals surface area contributed by atoms with Crippen LogP contribution in [0.1, 0.15) is 44.7 Å². The van der Waals surface area contributed by atoms with Gasteiger partial charge in [-0.15, -0.1) is 0 Å². The number of amidine groups is 1. The quantitative estimate of drug-likeness (QED) is 0.300. The fourth-order valence-corrected chi connectivity index (χ4v) is 3.70. The number of benzene rings is 1. The maximum absolute atomic E-state index is 12.4. The fourth-order valence-electron chi connectivity index (χ4n) is 3.70.